The van der Waals surface area contributed by atoms with Crippen molar-refractivity contribution in [3.8, 4) is 5.75 Å². The molecule has 0 radical (unpaired) electrons. The third kappa shape index (κ3) is 4.75. The summed E-state index contributed by atoms with van der Waals surface area (Å²) in [6.07, 6.45) is 1.59. The minimum Gasteiger partial charge on any atom is -0.497 e. The SMILES string of the molecule is COC(=O)c1csc(NC(=O)C(Cc2nccs2)N2C(=O)NC(c3ccc(OC)cc3)C2=O)n1. The van der Waals surface area contributed by atoms with E-state index in [1.54, 1.807) is 35.8 Å². The zero-order valence-corrected chi connectivity index (χ0v) is 19.6. The van der Waals surface area contributed by atoms with Crippen LogP contribution in [-0.4, -0.2) is 58.9 Å². The van der Waals surface area contributed by atoms with Crippen LogP contribution in [0.25, 0.3) is 0 Å². The molecule has 0 spiro atoms. The Hall–Kier alpha value is -3.84. The van der Waals surface area contributed by atoms with Gasteiger partial charge in [0.05, 0.1) is 19.2 Å². The standard InChI is InChI=1S/C21H19N5O6S2/c1-31-12-5-3-11(4-6-12)16-18(28)26(21(30)24-16)14(9-15-22-7-8-33-15)17(27)25-20-23-13(10-34-20)19(29)32-2/h3-8,10,14,16H,9H2,1-2H3,(H,24,30)(H,23,25,27). The van der Waals surface area contributed by atoms with Gasteiger partial charge in [-0.2, -0.15) is 0 Å². The molecule has 4 amide bonds. The normalized spacial score (nSPS) is 16.2. The average molecular weight is 502 g/mol. The van der Waals surface area contributed by atoms with Crippen molar-refractivity contribution in [2.45, 2.75) is 18.5 Å². The first-order chi connectivity index (χ1) is 16.4. The summed E-state index contributed by atoms with van der Waals surface area (Å²) in [5.74, 6) is -1.25. The number of thiazole rings is 2. The van der Waals surface area contributed by atoms with Gasteiger partial charge < -0.3 is 20.1 Å². The quantitative estimate of drug-likeness (QED) is 0.354. The van der Waals surface area contributed by atoms with Gasteiger partial charge in [-0.25, -0.2) is 24.5 Å². The zero-order chi connectivity index (χ0) is 24.2. The molecule has 1 aliphatic heterocycles. The fourth-order valence-corrected chi connectivity index (χ4v) is 4.69. The van der Waals surface area contributed by atoms with Crippen LogP contribution < -0.4 is 15.4 Å². The number of nitrogens with one attached hydrogen (secondary N) is 2. The number of carbonyl (C=O) groups is 4. The Balaban J connectivity index is 1.59. The highest BCUT2D eigenvalue weighted by Crippen LogP contribution is 2.27. The van der Waals surface area contributed by atoms with Crippen molar-refractivity contribution in [3.05, 3.63) is 57.5 Å². The largest absolute Gasteiger partial charge is 0.497 e. The number of hydrogen-bond donors (Lipinski definition) is 2. The molecule has 2 unspecified atom stereocenters. The lowest BCUT2D eigenvalue weighted by molar-refractivity contribution is -0.134. The van der Waals surface area contributed by atoms with E-state index in [0.717, 1.165) is 16.2 Å². The second-order valence-electron chi connectivity index (χ2n) is 7.03. The topological polar surface area (TPSA) is 140 Å². The summed E-state index contributed by atoms with van der Waals surface area (Å²) in [6, 6.07) is 3.87. The van der Waals surface area contributed by atoms with E-state index in [-0.39, 0.29) is 17.2 Å². The maximum absolute atomic E-state index is 13.3. The number of carbonyl (C=O) groups excluding carboxylic acids is 4. The third-order valence-electron chi connectivity index (χ3n) is 5.01. The number of esters is 1. The number of ether oxygens (including phenoxy) is 2. The molecule has 1 aromatic carbocycles. The lowest BCUT2D eigenvalue weighted by atomic mass is 10.1. The lowest BCUT2D eigenvalue weighted by Crippen LogP contribution is -2.49. The Morgan fingerprint density at radius 3 is 2.62 bits per heavy atom. The van der Waals surface area contributed by atoms with Crippen molar-refractivity contribution in [2.75, 3.05) is 19.5 Å². The Morgan fingerprint density at radius 1 is 1.21 bits per heavy atom. The summed E-state index contributed by atoms with van der Waals surface area (Å²) in [7, 11) is 2.75. The Morgan fingerprint density at radius 2 is 1.97 bits per heavy atom. The van der Waals surface area contributed by atoms with Gasteiger partial charge >= 0.3 is 12.0 Å². The predicted molar refractivity (Wildman–Crippen MR) is 123 cm³/mol. The summed E-state index contributed by atoms with van der Waals surface area (Å²) in [4.78, 5) is 60.1. The second kappa shape index (κ2) is 9.97. The molecule has 13 heteroatoms. The van der Waals surface area contributed by atoms with Gasteiger partial charge in [-0.1, -0.05) is 12.1 Å². The summed E-state index contributed by atoms with van der Waals surface area (Å²) in [6.45, 7) is 0. The van der Waals surface area contributed by atoms with Crippen LogP contribution in [0.15, 0.2) is 41.2 Å². The number of methoxy groups -OCH3 is 2. The van der Waals surface area contributed by atoms with Crippen LogP contribution in [0.2, 0.25) is 0 Å². The summed E-state index contributed by atoms with van der Waals surface area (Å²) in [5.41, 5.74) is 0.589. The highest BCUT2D eigenvalue weighted by atomic mass is 32.1. The number of aromatic nitrogens is 2. The molecule has 0 aliphatic carbocycles. The molecule has 2 aromatic heterocycles. The zero-order valence-electron chi connectivity index (χ0n) is 18.0. The van der Waals surface area contributed by atoms with E-state index in [1.165, 1.54) is 30.9 Å². The van der Waals surface area contributed by atoms with E-state index in [2.05, 4.69) is 25.3 Å². The van der Waals surface area contributed by atoms with Crippen molar-refractivity contribution >= 4 is 51.6 Å². The monoisotopic (exact) mass is 501 g/mol. The summed E-state index contributed by atoms with van der Waals surface area (Å²) >= 11 is 2.32. The Kier molecular flexibility index (Phi) is 6.84. The van der Waals surface area contributed by atoms with E-state index in [9.17, 15) is 19.2 Å². The number of anilines is 1. The highest BCUT2D eigenvalue weighted by Gasteiger charge is 2.45. The van der Waals surface area contributed by atoms with Crippen LogP contribution in [0.3, 0.4) is 0 Å². The molecule has 0 saturated carbocycles. The number of urea groups is 1. The lowest BCUT2D eigenvalue weighted by Gasteiger charge is -2.23. The van der Waals surface area contributed by atoms with Gasteiger partial charge in [0.25, 0.3) is 5.91 Å². The molecule has 2 atom stereocenters. The van der Waals surface area contributed by atoms with Crippen molar-refractivity contribution in [1.82, 2.24) is 20.2 Å². The molecular formula is C21H19N5O6S2. The van der Waals surface area contributed by atoms with E-state index in [1.807, 2.05) is 0 Å². The summed E-state index contributed by atoms with van der Waals surface area (Å²) in [5, 5.41) is 9.10. The van der Waals surface area contributed by atoms with Crippen molar-refractivity contribution < 1.29 is 28.7 Å². The van der Waals surface area contributed by atoms with Gasteiger partial charge in [-0.3, -0.25) is 9.59 Å². The minimum atomic E-state index is -1.19. The van der Waals surface area contributed by atoms with Crippen LogP contribution in [0.1, 0.15) is 27.1 Å². The smallest absolute Gasteiger partial charge is 0.357 e. The maximum Gasteiger partial charge on any atom is 0.357 e. The first-order valence-corrected chi connectivity index (χ1v) is 11.7. The number of imide groups is 1. The molecule has 1 saturated heterocycles. The molecule has 3 aromatic rings. The van der Waals surface area contributed by atoms with Gasteiger partial charge in [0.2, 0.25) is 5.91 Å². The molecule has 1 fully saturated rings. The Bertz CT molecular complexity index is 1210. The van der Waals surface area contributed by atoms with E-state index < -0.39 is 35.9 Å². The van der Waals surface area contributed by atoms with E-state index in [0.29, 0.717) is 16.3 Å². The number of amides is 4. The van der Waals surface area contributed by atoms with Crippen molar-refractivity contribution in [1.29, 1.82) is 0 Å². The highest BCUT2D eigenvalue weighted by molar-refractivity contribution is 7.14. The molecule has 34 heavy (non-hydrogen) atoms. The first kappa shape index (κ1) is 23.3. The first-order valence-electron chi connectivity index (χ1n) is 9.92. The second-order valence-corrected chi connectivity index (χ2v) is 8.87. The number of hydrogen-bond acceptors (Lipinski definition) is 10. The van der Waals surface area contributed by atoms with Crippen LogP contribution in [0.4, 0.5) is 9.93 Å². The molecule has 1 aliphatic rings. The predicted octanol–water partition coefficient (Wildman–Crippen LogP) is 2.24. The van der Waals surface area contributed by atoms with E-state index in [4.69, 9.17) is 4.74 Å². The fraction of sp³-hybridized carbons (Fsp3) is 0.238. The van der Waals surface area contributed by atoms with Gasteiger partial charge in [-0.05, 0) is 17.7 Å². The molecule has 3 heterocycles. The summed E-state index contributed by atoms with van der Waals surface area (Å²) < 4.78 is 9.76. The third-order valence-corrected chi connectivity index (χ3v) is 6.57. The van der Waals surface area contributed by atoms with Crippen molar-refractivity contribution in [2.24, 2.45) is 0 Å². The molecule has 0 bridgehead atoms. The van der Waals surface area contributed by atoms with Gasteiger partial charge in [0.15, 0.2) is 10.8 Å². The van der Waals surface area contributed by atoms with Crippen molar-refractivity contribution in [3.63, 3.8) is 0 Å². The van der Waals surface area contributed by atoms with Gasteiger partial charge in [-0.15, -0.1) is 22.7 Å². The average Bonchev–Trinajstić information content (AvgIpc) is 3.59. The number of nitrogens with zero attached hydrogens (tertiary/aromatic N) is 3. The Labute approximate surface area is 201 Å². The molecule has 176 valence electrons. The van der Waals surface area contributed by atoms with Crippen LogP contribution in [-0.2, 0) is 20.7 Å². The van der Waals surface area contributed by atoms with Gasteiger partial charge in [0, 0.05) is 23.4 Å². The number of rotatable bonds is 8. The molecular weight excluding hydrogens is 482 g/mol. The minimum absolute atomic E-state index is 0.0211. The maximum atomic E-state index is 13.3. The van der Waals surface area contributed by atoms with Gasteiger partial charge in [0.1, 0.15) is 17.8 Å². The molecule has 11 nitrogen and oxygen atoms in total. The van der Waals surface area contributed by atoms with Crippen LogP contribution >= 0.6 is 22.7 Å². The number of benzene rings is 1. The fourth-order valence-electron chi connectivity index (χ4n) is 3.35. The van der Waals surface area contributed by atoms with Crippen LogP contribution in [0, 0.1) is 0 Å². The molecule has 2 N–H and O–H groups in total. The van der Waals surface area contributed by atoms with E-state index >= 15 is 0 Å². The van der Waals surface area contributed by atoms with Crippen LogP contribution in [0.5, 0.6) is 5.75 Å². The molecule has 4 rings (SSSR count).